The van der Waals surface area contributed by atoms with Crippen molar-refractivity contribution in [2.75, 3.05) is 5.32 Å². The molecule has 2 saturated carbocycles. The highest BCUT2D eigenvalue weighted by Crippen LogP contribution is 2.35. The van der Waals surface area contributed by atoms with E-state index < -0.39 is 27.9 Å². The largest absolute Gasteiger partial charge is 0.478 e. The number of hydrogen-bond donors (Lipinski definition) is 1. The predicted molar refractivity (Wildman–Crippen MR) is 134 cm³/mol. The van der Waals surface area contributed by atoms with Crippen LogP contribution in [0.1, 0.15) is 71.1 Å². The molecule has 2 aromatic rings. The molecule has 0 aliphatic heterocycles. The molecule has 1 atom stereocenters. The number of benzene rings is 2. The summed E-state index contributed by atoms with van der Waals surface area (Å²) in [6.45, 7) is 1.53. The molecule has 0 bridgehead atoms. The SMILES string of the molecule is CC(Oc1ccccc1F)C(=O)Nc1ccc(S(=O)(=O)N(C2CCCCC2)C2CCCCC2)cc1. The molecule has 6 nitrogen and oxygen atoms in total. The van der Waals surface area contributed by atoms with E-state index >= 15 is 0 Å². The lowest BCUT2D eigenvalue weighted by Gasteiger charge is -2.40. The highest BCUT2D eigenvalue weighted by atomic mass is 32.2. The average molecular weight is 503 g/mol. The van der Waals surface area contributed by atoms with Crippen molar-refractivity contribution in [2.24, 2.45) is 0 Å². The van der Waals surface area contributed by atoms with Crippen molar-refractivity contribution in [3.63, 3.8) is 0 Å². The number of carbonyl (C=O) groups is 1. The normalized spacial score (nSPS) is 18.8. The number of carbonyl (C=O) groups excluding carboxylic acids is 1. The maximum Gasteiger partial charge on any atom is 0.265 e. The van der Waals surface area contributed by atoms with Crippen molar-refractivity contribution in [3.8, 4) is 5.75 Å². The van der Waals surface area contributed by atoms with Gasteiger partial charge in [0.1, 0.15) is 0 Å². The van der Waals surface area contributed by atoms with Crippen molar-refractivity contribution in [2.45, 2.75) is 94.2 Å². The first-order chi connectivity index (χ1) is 16.9. The van der Waals surface area contributed by atoms with Gasteiger partial charge in [-0.3, -0.25) is 4.79 Å². The molecule has 4 rings (SSSR count). The molecule has 2 aliphatic rings. The first-order valence-electron chi connectivity index (χ1n) is 12.7. The van der Waals surface area contributed by atoms with Crippen molar-refractivity contribution in [1.29, 1.82) is 0 Å². The van der Waals surface area contributed by atoms with Gasteiger partial charge in [-0.25, -0.2) is 12.8 Å². The minimum Gasteiger partial charge on any atom is -0.478 e. The number of nitrogens with zero attached hydrogens (tertiary/aromatic N) is 1. The zero-order valence-electron chi connectivity index (χ0n) is 20.3. The summed E-state index contributed by atoms with van der Waals surface area (Å²) in [5, 5.41) is 2.72. The second-order valence-corrected chi connectivity index (χ2v) is 11.5. The van der Waals surface area contributed by atoms with Gasteiger partial charge in [0, 0.05) is 17.8 Å². The first kappa shape index (κ1) is 25.6. The number of anilines is 1. The number of sulfonamides is 1. The second kappa shape index (κ2) is 11.5. The lowest BCUT2D eigenvalue weighted by molar-refractivity contribution is -0.122. The molecule has 2 aromatic carbocycles. The highest BCUT2D eigenvalue weighted by molar-refractivity contribution is 7.89. The van der Waals surface area contributed by atoms with E-state index in [2.05, 4.69) is 5.32 Å². The Bertz CT molecular complexity index is 1080. The average Bonchev–Trinajstić information content (AvgIpc) is 2.87. The van der Waals surface area contributed by atoms with E-state index in [4.69, 9.17) is 4.74 Å². The zero-order chi connectivity index (χ0) is 24.8. The first-order valence-corrected chi connectivity index (χ1v) is 14.2. The van der Waals surface area contributed by atoms with Gasteiger partial charge in [0.2, 0.25) is 10.0 Å². The third kappa shape index (κ3) is 6.22. The molecule has 190 valence electrons. The molecule has 35 heavy (non-hydrogen) atoms. The van der Waals surface area contributed by atoms with Gasteiger partial charge in [0.15, 0.2) is 17.7 Å². The lowest BCUT2D eigenvalue weighted by Crippen LogP contribution is -2.48. The quantitative estimate of drug-likeness (QED) is 0.489. The maximum atomic E-state index is 13.8. The third-order valence-corrected chi connectivity index (χ3v) is 9.10. The van der Waals surface area contributed by atoms with Crippen LogP contribution >= 0.6 is 0 Å². The fourth-order valence-corrected chi connectivity index (χ4v) is 7.15. The number of hydrogen-bond acceptors (Lipinski definition) is 4. The highest BCUT2D eigenvalue weighted by Gasteiger charge is 2.38. The maximum absolute atomic E-state index is 13.8. The number of nitrogens with one attached hydrogen (secondary N) is 1. The van der Waals surface area contributed by atoms with Gasteiger partial charge in [-0.15, -0.1) is 0 Å². The van der Waals surface area contributed by atoms with Gasteiger partial charge in [0.25, 0.3) is 5.91 Å². The summed E-state index contributed by atoms with van der Waals surface area (Å²) in [5.41, 5.74) is 0.458. The Morgan fingerprint density at radius 1 is 0.914 bits per heavy atom. The zero-order valence-corrected chi connectivity index (χ0v) is 21.1. The summed E-state index contributed by atoms with van der Waals surface area (Å²) in [6.07, 6.45) is 9.38. The van der Waals surface area contributed by atoms with Gasteiger partial charge in [-0.05, 0) is 69.0 Å². The van der Waals surface area contributed by atoms with Gasteiger partial charge >= 0.3 is 0 Å². The van der Waals surface area contributed by atoms with E-state index in [1.807, 2.05) is 4.31 Å². The smallest absolute Gasteiger partial charge is 0.265 e. The van der Waals surface area contributed by atoms with Gasteiger partial charge in [-0.2, -0.15) is 4.31 Å². The van der Waals surface area contributed by atoms with Crippen molar-refractivity contribution < 1.29 is 22.3 Å². The minimum atomic E-state index is -3.65. The summed E-state index contributed by atoms with van der Waals surface area (Å²) in [7, 11) is -3.65. The summed E-state index contributed by atoms with van der Waals surface area (Å²) in [4.78, 5) is 12.8. The number of amides is 1. The number of para-hydroxylation sites is 1. The van der Waals surface area contributed by atoms with Gasteiger partial charge in [0.05, 0.1) is 4.90 Å². The molecule has 1 N–H and O–H groups in total. The molecule has 2 fully saturated rings. The molecule has 0 spiro atoms. The molecular weight excluding hydrogens is 467 g/mol. The number of rotatable bonds is 8. The van der Waals surface area contributed by atoms with Crippen LogP contribution in [0.15, 0.2) is 53.4 Å². The molecule has 0 aromatic heterocycles. The van der Waals surface area contributed by atoms with Crippen LogP contribution in [0, 0.1) is 5.82 Å². The van der Waals surface area contributed by atoms with Crippen LogP contribution in [0.3, 0.4) is 0 Å². The Hall–Kier alpha value is -2.45. The van der Waals surface area contributed by atoms with Crippen molar-refractivity contribution in [3.05, 3.63) is 54.3 Å². The molecule has 0 heterocycles. The van der Waals surface area contributed by atoms with Crippen LogP contribution in [0.25, 0.3) is 0 Å². The minimum absolute atomic E-state index is 0.00195. The van der Waals surface area contributed by atoms with E-state index in [1.165, 1.54) is 31.9 Å². The van der Waals surface area contributed by atoms with Crippen LogP contribution in [-0.2, 0) is 14.8 Å². The van der Waals surface area contributed by atoms with Crippen LogP contribution in [0.2, 0.25) is 0 Å². The number of halogens is 1. The van der Waals surface area contributed by atoms with Crippen LogP contribution in [-0.4, -0.2) is 36.8 Å². The van der Waals surface area contributed by atoms with Gasteiger partial charge < -0.3 is 10.1 Å². The van der Waals surface area contributed by atoms with Crippen molar-refractivity contribution >= 4 is 21.6 Å². The Kier molecular flexibility index (Phi) is 8.44. The fraction of sp³-hybridized carbons (Fsp3) is 0.519. The Labute approximate surface area is 207 Å². The molecule has 1 amide bonds. The lowest BCUT2D eigenvalue weighted by atomic mass is 9.91. The van der Waals surface area contributed by atoms with Crippen LogP contribution in [0.5, 0.6) is 5.75 Å². The Morgan fingerprint density at radius 2 is 1.46 bits per heavy atom. The molecule has 8 heteroatoms. The monoisotopic (exact) mass is 502 g/mol. The molecule has 2 aliphatic carbocycles. The number of ether oxygens (including phenoxy) is 1. The van der Waals surface area contributed by atoms with E-state index in [1.54, 1.807) is 36.4 Å². The van der Waals surface area contributed by atoms with Gasteiger partial charge in [-0.1, -0.05) is 50.7 Å². The van der Waals surface area contributed by atoms with E-state index in [9.17, 15) is 17.6 Å². The van der Waals surface area contributed by atoms with E-state index in [-0.39, 0.29) is 22.7 Å². The Morgan fingerprint density at radius 3 is 2.00 bits per heavy atom. The summed E-state index contributed by atoms with van der Waals surface area (Å²) in [6, 6.07) is 12.4. The summed E-state index contributed by atoms with van der Waals surface area (Å²) >= 11 is 0. The van der Waals surface area contributed by atoms with Crippen molar-refractivity contribution in [1.82, 2.24) is 4.31 Å². The van der Waals surface area contributed by atoms with Crippen LogP contribution < -0.4 is 10.1 Å². The predicted octanol–water partition coefficient (Wildman–Crippen LogP) is 5.89. The third-order valence-electron chi connectivity index (χ3n) is 7.08. The van der Waals surface area contributed by atoms with E-state index in [0.717, 1.165) is 51.4 Å². The fourth-order valence-electron chi connectivity index (χ4n) is 5.22. The molecular formula is C27H35FN2O4S. The topological polar surface area (TPSA) is 75.7 Å². The summed E-state index contributed by atoms with van der Waals surface area (Å²) < 4.78 is 48.7. The second-order valence-electron chi connectivity index (χ2n) is 9.62. The van der Waals surface area contributed by atoms with Crippen LogP contribution in [0.4, 0.5) is 10.1 Å². The standard InChI is InChI=1S/C27H35FN2O4S/c1-20(34-26-15-9-8-14-25(26)28)27(31)29-21-16-18-24(19-17-21)35(32,33)30(22-10-4-2-5-11-22)23-12-6-3-7-13-23/h8-9,14-20,22-23H,2-7,10-13H2,1H3,(H,29,31). The Balaban J connectivity index is 1.46. The molecule has 1 unspecified atom stereocenters. The molecule has 0 radical (unpaired) electrons. The molecule has 0 saturated heterocycles. The van der Waals surface area contributed by atoms with E-state index in [0.29, 0.717) is 5.69 Å². The summed E-state index contributed by atoms with van der Waals surface area (Å²) in [5.74, 6) is -0.987.